The molecule has 172 valence electrons. The van der Waals surface area contributed by atoms with Crippen molar-refractivity contribution in [2.45, 2.75) is 82.7 Å². The summed E-state index contributed by atoms with van der Waals surface area (Å²) in [6.07, 6.45) is 7.70. The van der Waals surface area contributed by atoms with Crippen LogP contribution in [0.4, 0.5) is 0 Å². The van der Waals surface area contributed by atoms with Crippen LogP contribution >= 0.6 is 0 Å². The molecule has 0 aliphatic heterocycles. The van der Waals surface area contributed by atoms with Gasteiger partial charge in [-0.2, -0.15) is 0 Å². The summed E-state index contributed by atoms with van der Waals surface area (Å²) in [5, 5.41) is 3.22. The molecule has 5 rings (SSSR count). The van der Waals surface area contributed by atoms with Crippen LogP contribution in [0.3, 0.4) is 0 Å². The third-order valence-electron chi connectivity index (χ3n) is 7.51. The monoisotopic (exact) mass is 448 g/mol. The van der Waals surface area contributed by atoms with Gasteiger partial charge in [0.15, 0.2) is 0 Å². The standard InChI is InChI=1S/C24H36N2O4S/c1-15(24-12-16-8-17(13-24)10-18(9-16)14-24)25-22(27)19-6-7-20(30-5)21(11-19)31(28,29)26-23(2,3)4/h6-7,11,15-18,26H,8-10,12-14H2,1-5H3,(H,25,27). The van der Waals surface area contributed by atoms with Crippen LogP contribution in [0.2, 0.25) is 0 Å². The van der Waals surface area contributed by atoms with E-state index in [2.05, 4.69) is 17.0 Å². The lowest BCUT2D eigenvalue weighted by Crippen LogP contribution is -2.55. The lowest BCUT2D eigenvalue weighted by Gasteiger charge is -2.59. The maximum absolute atomic E-state index is 13.1. The molecule has 1 atom stereocenters. The van der Waals surface area contributed by atoms with Crippen LogP contribution in [-0.4, -0.2) is 33.0 Å². The van der Waals surface area contributed by atoms with Gasteiger partial charge in [-0.05, 0) is 108 Å². The molecule has 0 heterocycles. The van der Waals surface area contributed by atoms with Gasteiger partial charge in [0.1, 0.15) is 10.6 Å². The molecule has 1 amide bonds. The summed E-state index contributed by atoms with van der Waals surface area (Å²) in [6, 6.07) is 4.69. The second-order valence-corrected chi connectivity index (χ2v) is 12.8. The first-order chi connectivity index (χ1) is 14.4. The van der Waals surface area contributed by atoms with E-state index in [9.17, 15) is 13.2 Å². The predicted octanol–water partition coefficient (Wildman–Crippen LogP) is 4.11. The van der Waals surface area contributed by atoms with Gasteiger partial charge >= 0.3 is 0 Å². The minimum atomic E-state index is -3.84. The molecule has 0 spiro atoms. The zero-order chi connectivity index (χ0) is 22.6. The molecule has 4 fully saturated rings. The van der Waals surface area contributed by atoms with Gasteiger partial charge in [0, 0.05) is 17.1 Å². The molecule has 0 radical (unpaired) electrons. The number of carbonyl (C=O) groups is 1. The van der Waals surface area contributed by atoms with E-state index in [0.29, 0.717) is 5.56 Å². The molecule has 0 aromatic heterocycles. The number of hydrogen-bond acceptors (Lipinski definition) is 4. The highest BCUT2D eigenvalue weighted by Gasteiger charge is 2.53. The first kappa shape index (κ1) is 22.6. The summed E-state index contributed by atoms with van der Waals surface area (Å²) >= 11 is 0. The van der Waals surface area contributed by atoms with Crippen molar-refractivity contribution in [3.05, 3.63) is 23.8 Å². The predicted molar refractivity (Wildman–Crippen MR) is 121 cm³/mol. The van der Waals surface area contributed by atoms with Gasteiger partial charge in [0.05, 0.1) is 7.11 Å². The summed E-state index contributed by atoms with van der Waals surface area (Å²) in [5.41, 5.74) is -0.110. The second-order valence-electron chi connectivity index (χ2n) is 11.2. The Morgan fingerprint density at radius 2 is 1.65 bits per heavy atom. The largest absolute Gasteiger partial charge is 0.495 e. The molecule has 1 aromatic rings. The lowest BCUT2D eigenvalue weighted by molar-refractivity contribution is -0.0688. The minimum absolute atomic E-state index is 0.0139. The molecule has 2 N–H and O–H groups in total. The molecule has 6 nitrogen and oxygen atoms in total. The molecule has 4 saturated carbocycles. The van der Waals surface area contributed by atoms with E-state index >= 15 is 0 Å². The maximum atomic E-state index is 13.1. The van der Waals surface area contributed by atoms with Crippen LogP contribution in [0.5, 0.6) is 5.75 Å². The van der Waals surface area contributed by atoms with E-state index < -0.39 is 15.6 Å². The molecule has 1 unspecified atom stereocenters. The Labute approximate surface area is 186 Å². The highest BCUT2D eigenvalue weighted by atomic mass is 32.2. The number of hydrogen-bond donors (Lipinski definition) is 2. The second kappa shape index (κ2) is 7.77. The lowest BCUT2D eigenvalue weighted by atomic mass is 9.48. The average Bonchev–Trinajstić information content (AvgIpc) is 2.64. The SMILES string of the molecule is COc1ccc(C(=O)NC(C)C23CC4CC(CC(C4)C2)C3)cc1S(=O)(=O)NC(C)(C)C. The van der Waals surface area contributed by atoms with Crippen molar-refractivity contribution in [3.8, 4) is 5.75 Å². The van der Waals surface area contributed by atoms with Crippen molar-refractivity contribution < 1.29 is 17.9 Å². The van der Waals surface area contributed by atoms with Gasteiger partial charge < -0.3 is 10.1 Å². The van der Waals surface area contributed by atoms with E-state index in [1.165, 1.54) is 51.7 Å². The van der Waals surface area contributed by atoms with Crippen LogP contribution in [0.15, 0.2) is 23.1 Å². The van der Waals surface area contributed by atoms with Crippen LogP contribution in [0.1, 0.15) is 76.6 Å². The number of nitrogens with one attached hydrogen (secondary N) is 2. The topological polar surface area (TPSA) is 84.5 Å². The molecule has 4 bridgehead atoms. The third kappa shape index (κ3) is 4.49. The van der Waals surface area contributed by atoms with Crippen molar-refractivity contribution in [2.75, 3.05) is 7.11 Å². The van der Waals surface area contributed by atoms with Crippen LogP contribution in [-0.2, 0) is 10.0 Å². The Bertz CT molecular complexity index is 929. The number of rotatable bonds is 6. The molecular weight excluding hydrogens is 412 g/mol. The minimum Gasteiger partial charge on any atom is -0.495 e. The molecule has 4 aliphatic rings. The van der Waals surface area contributed by atoms with Crippen LogP contribution < -0.4 is 14.8 Å². The third-order valence-corrected chi connectivity index (χ3v) is 9.29. The van der Waals surface area contributed by atoms with E-state index in [-0.39, 0.29) is 28.0 Å². The zero-order valence-electron chi connectivity index (χ0n) is 19.3. The van der Waals surface area contributed by atoms with Crippen molar-refractivity contribution in [1.82, 2.24) is 10.0 Å². The van der Waals surface area contributed by atoms with Gasteiger partial charge in [-0.15, -0.1) is 0 Å². The number of ether oxygens (including phenoxy) is 1. The van der Waals surface area contributed by atoms with Gasteiger partial charge in [-0.1, -0.05) is 0 Å². The Hall–Kier alpha value is -1.60. The number of benzene rings is 1. The Balaban J connectivity index is 1.55. The van der Waals surface area contributed by atoms with Crippen molar-refractivity contribution in [2.24, 2.45) is 23.2 Å². The normalized spacial score (nSPS) is 30.8. The molecule has 0 saturated heterocycles. The van der Waals surface area contributed by atoms with Crippen LogP contribution in [0, 0.1) is 23.2 Å². The molecule has 4 aliphatic carbocycles. The number of carbonyl (C=O) groups excluding carboxylic acids is 1. The molecule has 7 heteroatoms. The van der Waals surface area contributed by atoms with E-state index in [1.807, 2.05) is 0 Å². The zero-order valence-corrected chi connectivity index (χ0v) is 20.1. The number of sulfonamides is 1. The van der Waals surface area contributed by atoms with E-state index in [4.69, 9.17) is 4.74 Å². The fraction of sp³-hybridized carbons (Fsp3) is 0.708. The Kier molecular flexibility index (Phi) is 5.66. The maximum Gasteiger partial charge on any atom is 0.251 e. The van der Waals surface area contributed by atoms with Gasteiger partial charge in [0.25, 0.3) is 5.91 Å². The van der Waals surface area contributed by atoms with Gasteiger partial charge in [0.2, 0.25) is 10.0 Å². The smallest absolute Gasteiger partial charge is 0.251 e. The molecular formula is C24H36N2O4S. The summed E-state index contributed by atoms with van der Waals surface area (Å²) in [7, 11) is -2.41. The van der Waals surface area contributed by atoms with Crippen LogP contribution in [0.25, 0.3) is 0 Å². The van der Waals surface area contributed by atoms with E-state index in [0.717, 1.165) is 17.8 Å². The first-order valence-corrected chi connectivity index (χ1v) is 12.9. The molecule has 1 aromatic carbocycles. The highest BCUT2D eigenvalue weighted by Crippen LogP contribution is 2.61. The summed E-state index contributed by atoms with van der Waals surface area (Å²) in [4.78, 5) is 13.1. The molecule has 31 heavy (non-hydrogen) atoms. The van der Waals surface area contributed by atoms with Crippen molar-refractivity contribution >= 4 is 15.9 Å². The number of methoxy groups -OCH3 is 1. The first-order valence-electron chi connectivity index (χ1n) is 11.4. The summed E-state index contributed by atoms with van der Waals surface area (Å²) in [6.45, 7) is 7.47. The highest BCUT2D eigenvalue weighted by molar-refractivity contribution is 7.89. The summed E-state index contributed by atoms with van der Waals surface area (Å²) < 4.78 is 33.8. The Morgan fingerprint density at radius 3 is 2.13 bits per heavy atom. The van der Waals surface area contributed by atoms with Gasteiger partial charge in [-0.25, -0.2) is 13.1 Å². The van der Waals surface area contributed by atoms with Gasteiger partial charge in [-0.3, -0.25) is 4.79 Å². The van der Waals surface area contributed by atoms with Crippen molar-refractivity contribution in [1.29, 1.82) is 0 Å². The Morgan fingerprint density at radius 1 is 1.10 bits per heavy atom. The average molecular weight is 449 g/mol. The van der Waals surface area contributed by atoms with E-state index in [1.54, 1.807) is 32.9 Å². The fourth-order valence-corrected chi connectivity index (χ4v) is 8.24. The fourth-order valence-electron chi connectivity index (χ4n) is 6.63. The number of amides is 1. The summed E-state index contributed by atoms with van der Waals surface area (Å²) in [5.74, 6) is 2.44. The quantitative estimate of drug-likeness (QED) is 0.686. The van der Waals surface area contributed by atoms with Crippen molar-refractivity contribution in [3.63, 3.8) is 0 Å².